The Labute approximate surface area is 94.9 Å². The molecule has 1 saturated heterocycles. The van der Waals surface area contributed by atoms with Gasteiger partial charge in [0.2, 0.25) is 11.8 Å². The van der Waals surface area contributed by atoms with E-state index in [9.17, 15) is 9.59 Å². The topological polar surface area (TPSA) is 46.2 Å². The Morgan fingerprint density at radius 1 is 1.25 bits per heavy atom. The summed E-state index contributed by atoms with van der Waals surface area (Å²) in [7, 11) is 0. The fraction of sp³-hybridized carbons (Fsp3) is 0.385. The normalized spacial score (nSPS) is 24.6. The van der Waals surface area contributed by atoms with Crippen LogP contribution < -0.4 is 5.32 Å². The summed E-state index contributed by atoms with van der Waals surface area (Å²) in [6.45, 7) is 3.90. The maximum Gasteiger partial charge on any atom is 0.237 e. The second-order valence-electron chi connectivity index (χ2n) is 4.44. The molecule has 0 bridgehead atoms. The number of rotatable bonds is 2. The highest BCUT2D eigenvalue weighted by Gasteiger charge is 2.43. The Balaban J connectivity index is 2.36. The maximum atomic E-state index is 11.7. The van der Waals surface area contributed by atoms with Gasteiger partial charge in [-0.2, -0.15) is 0 Å². The molecule has 0 radical (unpaired) electrons. The third-order valence-electron chi connectivity index (χ3n) is 3.27. The predicted molar refractivity (Wildman–Crippen MR) is 60.9 cm³/mol. The first-order chi connectivity index (χ1) is 7.56. The molecule has 1 aliphatic rings. The van der Waals surface area contributed by atoms with Gasteiger partial charge in [-0.25, -0.2) is 0 Å². The first-order valence-electron chi connectivity index (χ1n) is 5.50. The summed E-state index contributed by atoms with van der Waals surface area (Å²) in [5.41, 5.74) is 1.45. The molecule has 1 atom stereocenters. The van der Waals surface area contributed by atoms with Crippen LogP contribution in [0, 0.1) is 0 Å². The van der Waals surface area contributed by atoms with Gasteiger partial charge in [-0.3, -0.25) is 14.9 Å². The monoisotopic (exact) mass is 217 g/mol. The van der Waals surface area contributed by atoms with Crippen molar-refractivity contribution in [2.75, 3.05) is 0 Å². The van der Waals surface area contributed by atoms with Crippen molar-refractivity contribution in [2.45, 2.75) is 32.1 Å². The van der Waals surface area contributed by atoms with E-state index in [1.807, 2.05) is 31.2 Å². The van der Waals surface area contributed by atoms with Crippen molar-refractivity contribution in [3.63, 3.8) is 0 Å². The third-order valence-corrected chi connectivity index (χ3v) is 3.27. The lowest BCUT2D eigenvalue weighted by Gasteiger charge is -2.20. The van der Waals surface area contributed by atoms with Gasteiger partial charge in [0, 0.05) is 6.42 Å². The van der Waals surface area contributed by atoms with Crippen LogP contribution >= 0.6 is 0 Å². The number of amides is 2. The van der Waals surface area contributed by atoms with Gasteiger partial charge >= 0.3 is 0 Å². The van der Waals surface area contributed by atoms with Crippen LogP contribution in [0.5, 0.6) is 0 Å². The quantitative estimate of drug-likeness (QED) is 0.764. The average molecular weight is 217 g/mol. The van der Waals surface area contributed by atoms with Crippen molar-refractivity contribution in [2.24, 2.45) is 0 Å². The highest BCUT2D eigenvalue weighted by Crippen LogP contribution is 2.31. The maximum absolute atomic E-state index is 11.7. The van der Waals surface area contributed by atoms with Gasteiger partial charge in [0.15, 0.2) is 0 Å². The minimum absolute atomic E-state index is 0.188. The van der Waals surface area contributed by atoms with Crippen molar-refractivity contribution < 1.29 is 9.59 Å². The van der Waals surface area contributed by atoms with Gasteiger partial charge in [-0.15, -0.1) is 0 Å². The van der Waals surface area contributed by atoms with Crippen LogP contribution in [0.1, 0.15) is 31.4 Å². The minimum atomic E-state index is -0.691. The van der Waals surface area contributed by atoms with Crippen molar-refractivity contribution in [1.82, 2.24) is 5.32 Å². The SMILES string of the molecule is CCc1ccc(C2(C)CC(=O)NC2=O)cc1. The van der Waals surface area contributed by atoms with E-state index in [0.29, 0.717) is 0 Å². The van der Waals surface area contributed by atoms with E-state index < -0.39 is 5.41 Å². The van der Waals surface area contributed by atoms with Crippen molar-refractivity contribution in [3.05, 3.63) is 35.4 Å². The number of carbonyl (C=O) groups is 2. The van der Waals surface area contributed by atoms with Crippen molar-refractivity contribution in [1.29, 1.82) is 0 Å². The van der Waals surface area contributed by atoms with Crippen LogP contribution in [0.15, 0.2) is 24.3 Å². The zero-order valence-corrected chi connectivity index (χ0v) is 9.54. The summed E-state index contributed by atoms with van der Waals surface area (Å²) in [5, 5.41) is 2.36. The Bertz CT molecular complexity index is 436. The van der Waals surface area contributed by atoms with Gasteiger partial charge < -0.3 is 0 Å². The molecule has 3 nitrogen and oxygen atoms in total. The molecule has 1 aliphatic heterocycles. The fourth-order valence-corrected chi connectivity index (χ4v) is 2.05. The summed E-state index contributed by atoms with van der Waals surface area (Å²) in [4.78, 5) is 23.0. The molecule has 0 saturated carbocycles. The lowest BCUT2D eigenvalue weighted by Crippen LogP contribution is -2.32. The van der Waals surface area contributed by atoms with E-state index in [0.717, 1.165) is 12.0 Å². The number of imide groups is 1. The van der Waals surface area contributed by atoms with Gasteiger partial charge in [0.05, 0.1) is 5.41 Å². The van der Waals surface area contributed by atoms with Crippen LogP contribution in [0.25, 0.3) is 0 Å². The molecule has 1 aromatic rings. The predicted octanol–water partition coefficient (Wildman–Crippen LogP) is 1.55. The van der Waals surface area contributed by atoms with E-state index in [1.165, 1.54) is 5.56 Å². The van der Waals surface area contributed by atoms with Crippen LogP contribution in [-0.2, 0) is 21.4 Å². The van der Waals surface area contributed by atoms with E-state index in [-0.39, 0.29) is 18.2 Å². The van der Waals surface area contributed by atoms with Gasteiger partial charge in [0.1, 0.15) is 0 Å². The Kier molecular flexibility index (Phi) is 2.54. The number of carbonyl (C=O) groups excluding carboxylic acids is 2. The molecule has 1 heterocycles. The molecule has 1 aromatic carbocycles. The summed E-state index contributed by atoms with van der Waals surface area (Å²) in [6.07, 6.45) is 1.22. The van der Waals surface area contributed by atoms with Gasteiger partial charge in [-0.1, -0.05) is 31.2 Å². The smallest absolute Gasteiger partial charge is 0.237 e. The van der Waals surface area contributed by atoms with E-state index in [1.54, 1.807) is 0 Å². The fourth-order valence-electron chi connectivity index (χ4n) is 2.05. The number of benzene rings is 1. The van der Waals surface area contributed by atoms with Crippen LogP contribution in [0.4, 0.5) is 0 Å². The highest BCUT2D eigenvalue weighted by molar-refractivity contribution is 6.08. The summed E-state index contributed by atoms with van der Waals surface area (Å²) in [5.74, 6) is -0.381. The average Bonchev–Trinajstić information content (AvgIpc) is 2.54. The Hall–Kier alpha value is -1.64. The van der Waals surface area contributed by atoms with Crippen LogP contribution in [0.2, 0.25) is 0 Å². The zero-order chi connectivity index (χ0) is 11.8. The zero-order valence-electron chi connectivity index (χ0n) is 9.54. The van der Waals surface area contributed by atoms with Crippen LogP contribution in [-0.4, -0.2) is 11.8 Å². The van der Waals surface area contributed by atoms with E-state index in [4.69, 9.17) is 0 Å². The molecule has 2 rings (SSSR count). The van der Waals surface area contributed by atoms with Crippen molar-refractivity contribution in [3.8, 4) is 0 Å². The Morgan fingerprint density at radius 3 is 2.31 bits per heavy atom. The number of hydrogen-bond acceptors (Lipinski definition) is 2. The van der Waals surface area contributed by atoms with Gasteiger partial charge in [0.25, 0.3) is 0 Å². The van der Waals surface area contributed by atoms with E-state index in [2.05, 4.69) is 12.2 Å². The molecule has 3 heteroatoms. The summed E-state index contributed by atoms with van der Waals surface area (Å²) in [6, 6.07) is 7.90. The van der Waals surface area contributed by atoms with Crippen LogP contribution in [0.3, 0.4) is 0 Å². The molecule has 0 aliphatic carbocycles. The molecular formula is C13H15NO2. The van der Waals surface area contributed by atoms with Crippen molar-refractivity contribution >= 4 is 11.8 Å². The summed E-state index contributed by atoms with van der Waals surface area (Å²) >= 11 is 0. The largest absolute Gasteiger partial charge is 0.296 e. The highest BCUT2D eigenvalue weighted by atomic mass is 16.2. The Morgan fingerprint density at radius 2 is 1.88 bits per heavy atom. The second kappa shape index (κ2) is 3.74. The lowest BCUT2D eigenvalue weighted by atomic mass is 9.80. The number of nitrogens with one attached hydrogen (secondary N) is 1. The molecule has 84 valence electrons. The molecule has 1 unspecified atom stereocenters. The summed E-state index contributed by atoms with van der Waals surface area (Å²) < 4.78 is 0. The molecule has 2 amide bonds. The molecule has 16 heavy (non-hydrogen) atoms. The minimum Gasteiger partial charge on any atom is -0.296 e. The first kappa shape index (κ1) is 10.9. The lowest BCUT2D eigenvalue weighted by molar-refractivity contribution is -0.126. The molecule has 1 fully saturated rings. The standard InChI is InChI=1S/C13H15NO2/c1-3-9-4-6-10(7-5-9)13(2)8-11(15)14-12(13)16/h4-7H,3,8H2,1-2H3,(H,14,15,16). The molecule has 1 N–H and O–H groups in total. The first-order valence-corrected chi connectivity index (χ1v) is 5.50. The molecule has 0 spiro atoms. The van der Waals surface area contributed by atoms with Gasteiger partial charge in [-0.05, 0) is 24.5 Å². The van der Waals surface area contributed by atoms with E-state index >= 15 is 0 Å². The number of aryl methyl sites for hydroxylation is 1. The second-order valence-corrected chi connectivity index (χ2v) is 4.44. The molecular weight excluding hydrogens is 202 g/mol. The third kappa shape index (κ3) is 1.62. The number of hydrogen-bond donors (Lipinski definition) is 1. The molecule has 0 aromatic heterocycles.